The molecule has 0 radical (unpaired) electrons. The van der Waals surface area contributed by atoms with Crippen LogP contribution in [0.4, 0.5) is 0 Å². The summed E-state index contributed by atoms with van der Waals surface area (Å²) >= 11 is 0. The zero-order valence-electron chi connectivity index (χ0n) is 6.09. The Morgan fingerprint density at radius 2 is 2.36 bits per heavy atom. The van der Waals surface area contributed by atoms with Gasteiger partial charge in [-0.2, -0.15) is 0 Å². The molecule has 0 aromatic carbocycles. The van der Waals surface area contributed by atoms with Crippen LogP contribution in [0.25, 0.3) is 0 Å². The van der Waals surface area contributed by atoms with E-state index >= 15 is 0 Å². The molecule has 2 fully saturated rings. The number of fused-ring (bicyclic) bond motifs is 1. The minimum atomic E-state index is 0.0637. The lowest BCUT2D eigenvalue weighted by molar-refractivity contribution is 0.114. The van der Waals surface area contributed by atoms with Crippen LogP contribution in [0.2, 0.25) is 0 Å². The molecular weight excluding hydrogens is 142 g/mol. The molecule has 2 heterocycles. The van der Waals surface area contributed by atoms with Gasteiger partial charge in [-0.15, -0.1) is 0 Å². The summed E-state index contributed by atoms with van der Waals surface area (Å²) in [4.78, 5) is 5.05. The first-order valence-corrected chi connectivity index (χ1v) is 3.86. The van der Waals surface area contributed by atoms with Crippen molar-refractivity contribution in [1.82, 2.24) is 5.48 Å². The van der Waals surface area contributed by atoms with E-state index in [1.165, 1.54) is 5.57 Å². The smallest absolute Gasteiger partial charge is 0.127 e. The second-order valence-corrected chi connectivity index (χ2v) is 3.27. The summed E-state index contributed by atoms with van der Waals surface area (Å²) in [6.45, 7) is 0.678. The van der Waals surface area contributed by atoms with E-state index in [0.717, 1.165) is 18.5 Å². The molecular formula is C8H9NO2. The van der Waals surface area contributed by atoms with E-state index in [-0.39, 0.29) is 5.60 Å². The van der Waals surface area contributed by atoms with Crippen molar-refractivity contribution in [3.8, 4) is 0 Å². The van der Waals surface area contributed by atoms with Crippen molar-refractivity contribution in [3.05, 3.63) is 23.6 Å². The fourth-order valence-electron chi connectivity index (χ4n) is 1.47. The number of nitrogens with one attached hydrogen (secondary N) is 1. The number of ether oxygens (including phenoxy) is 1. The largest absolute Gasteiger partial charge is 0.489 e. The van der Waals surface area contributed by atoms with E-state index in [1.54, 1.807) is 6.26 Å². The molecule has 0 unspecified atom stereocenters. The molecule has 0 amide bonds. The lowest BCUT2D eigenvalue weighted by atomic mass is 10.1. The van der Waals surface area contributed by atoms with Gasteiger partial charge in [-0.05, 0) is 18.9 Å². The predicted molar refractivity (Wildman–Crippen MR) is 38.3 cm³/mol. The number of rotatable bonds is 0. The van der Waals surface area contributed by atoms with Gasteiger partial charge in [-0.25, -0.2) is 0 Å². The molecule has 1 aliphatic carbocycles. The average molecular weight is 151 g/mol. The number of hydroxylamine groups is 1. The highest BCUT2D eigenvalue weighted by Crippen LogP contribution is 2.45. The van der Waals surface area contributed by atoms with E-state index in [4.69, 9.17) is 9.57 Å². The Bertz CT molecular complexity index is 263. The van der Waals surface area contributed by atoms with Crippen LogP contribution in [0.1, 0.15) is 12.8 Å². The summed E-state index contributed by atoms with van der Waals surface area (Å²) in [6.07, 6.45) is 6.26. The van der Waals surface area contributed by atoms with E-state index in [0.29, 0.717) is 6.61 Å². The van der Waals surface area contributed by atoms with Crippen LogP contribution in [0.3, 0.4) is 0 Å². The van der Waals surface area contributed by atoms with Crippen LogP contribution >= 0.6 is 0 Å². The van der Waals surface area contributed by atoms with Gasteiger partial charge >= 0.3 is 0 Å². The first-order valence-electron chi connectivity index (χ1n) is 3.86. The summed E-state index contributed by atoms with van der Waals surface area (Å²) in [7, 11) is 0. The van der Waals surface area contributed by atoms with Crippen LogP contribution in [-0.4, -0.2) is 12.2 Å². The topological polar surface area (TPSA) is 30.5 Å². The van der Waals surface area contributed by atoms with Crippen molar-refractivity contribution in [2.45, 2.75) is 18.4 Å². The maximum atomic E-state index is 5.51. The summed E-state index contributed by atoms with van der Waals surface area (Å²) in [5, 5.41) is 0. The molecule has 3 heteroatoms. The second-order valence-electron chi connectivity index (χ2n) is 3.27. The van der Waals surface area contributed by atoms with Gasteiger partial charge in [-0.3, -0.25) is 10.3 Å². The minimum absolute atomic E-state index is 0.0637. The molecule has 58 valence electrons. The highest BCUT2D eigenvalue weighted by molar-refractivity contribution is 5.38. The standard InChI is InChI=1S/C8H9NO2/c1-2-8(1)3-6-4-11-9-7(6)5-10-8/h3,5,9H,1-2,4H2. The van der Waals surface area contributed by atoms with Crippen molar-refractivity contribution in [2.24, 2.45) is 0 Å². The molecule has 3 aliphatic rings. The third-order valence-electron chi connectivity index (χ3n) is 2.35. The SMILES string of the molecule is C1=C2CONC2=COC12CC2. The quantitative estimate of drug-likeness (QED) is 0.556. The van der Waals surface area contributed by atoms with E-state index in [9.17, 15) is 0 Å². The molecule has 0 aromatic heterocycles. The van der Waals surface area contributed by atoms with Crippen LogP contribution in [-0.2, 0) is 9.57 Å². The summed E-state index contributed by atoms with van der Waals surface area (Å²) in [6, 6.07) is 0. The van der Waals surface area contributed by atoms with Crippen LogP contribution in [0.15, 0.2) is 23.6 Å². The number of hydrogen-bond donors (Lipinski definition) is 1. The monoisotopic (exact) mass is 151 g/mol. The average Bonchev–Trinajstić information content (AvgIpc) is 2.63. The Morgan fingerprint density at radius 3 is 3.18 bits per heavy atom. The second kappa shape index (κ2) is 1.61. The van der Waals surface area contributed by atoms with E-state index in [2.05, 4.69) is 11.6 Å². The molecule has 1 spiro atoms. The zero-order valence-corrected chi connectivity index (χ0v) is 6.09. The Hall–Kier alpha value is -0.960. The summed E-state index contributed by atoms with van der Waals surface area (Å²) in [5.41, 5.74) is 5.09. The van der Waals surface area contributed by atoms with Crippen molar-refractivity contribution >= 4 is 0 Å². The van der Waals surface area contributed by atoms with Crippen molar-refractivity contribution in [2.75, 3.05) is 6.61 Å². The maximum Gasteiger partial charge on any atom is 0.127 e. The van der Waals surface area contributed by atoms with E-state index in [1.807, 2.05) is 0 Å². The molecule has 2 aliphatic heterocycles. The summed E-state index contributed by atoms with van der Waals surface area (Å²) < 4.78 is 5.51. The van der Waals surface area contributed by atoms with Gasteiger partial charge in [0.25, 0.3) is 0 Å². The van der Waals surface area contributed by atoms with Gasteiger partial charge < -0.3 is 4.74 Å². The van der Waals surface area contributed by atoms with Crippen molar-refractivity contribution in [1.29, 1.82) is 0 Å². The molecule has 1 saturated carbocycles. The van der Waals surface area contributed by atoms with Gasteiger partial charge in [0, 0.05) is 5.57 Å². The third-order valence-corrected chi connectivity index (χ3v) is 2.35. The van der Waals surface area contributed by atoms with Gasteiger partial charge in [0.2, 0.25) is 0 Å². The van der Waals surface area contributed by atoms with Gasteiger partial charge in [0.05, 0.1) is 0 Å². The molecule has 0 bridgehead atoms. The van der Waals surface area contributed by atoms with Crippen LogP contribution in [0, 0.1) is 0 Å². The Morgan fingerprint density at radius 1 is 1.45 bits per heavy atom. The lowest BCUT2D eigenvalue weighted by Gasteiger charge is -2.16. The summed E-state index contributed by atoms with van der Waals surface area (Å²) in [5.74, 6) is 0. The number of hydrogen-bond acceptors (Lipinski definition) is 3. The van der Waals surface area contributed by atoms with E-state index < -0.39 is 0 Å². The maximum absolute atomic E-state index is 5.51. The van der Waals surface area contributed by atoms with Gasteiger partial charge in [0.1, 0.15) is 24.2 Å². The van der Waals surface area contributed by atoms with Crippen LogP contribution < -0.4 is 5.48 Å². The minimum Gasteiger partial charge on any atom is -0.489 e. The van der Waals surface area contributed by atoms with Gasteiger partial charge in [0.15, 0.2) is 0 Å². The fraction of sp³-hybridized carbons (Fsp3) is 0.500. The fourth-order valence-corrected chi connectivity index (χ4v) is 1.47. The first-order chi connectivity index (χ1) is 5.38. The Kier molecular flexibility index (Phi) is 0.829. The van der Waals surface area contributed by atoms with Crippen LogP contribution in [0.5, 0.6) is 0 Å². The third kappa shape index (κ3) is 0.715. The predicted octanol–water partition coefficient (Wildman–Crippen LogP) is 0.852. The Balaban J connectivity index is 2.00. The van der Waals surface area contributed by atoms with Crippen molar-refractivity contribution in [3.63, 3.8) is 0 Å². The molecule has 0 aromatic rings. The Labute approximate surface area is 64.6 Å². The first kappa shape index (κ1) is 5.66. The zero-order chi connectivity index (χ0) is 7.31. The molecule has 1 N–H and O–H groups in total. The highest BCUT2D eigenvalue weighted by Gasteiger charge is 2.45. The molecule has 1 saturated heterocycles. The molecule has 3 nitrogen and oxygen atoms in total. The highest BCUT2D eigenvalue weighted by atomic mass is 16.7. The molecule has 11 heavy (non-hydrogen) atoms. The van der Waals surface area contributed by atoms with Crippen molar-refractivity contribution < 1.29 is 9.57 Å². The normalized spacial score (nSPS) is 29.8. The molecule has 3 rings (SSSR count). The lowest BCUT2D eigenvalue weighted by Crippen LogP contribution is -2.15. The molecule has 0 atom stereocenters. The van der Waals surface area contributed by atoms with Gasteiger partial charge in [-0.1, -0.05) is 0 Å².